The molecule has 3 N–H and O–H groups in total. The van der Waals surface area contributed by atoms with Crippen LogP contribution < -0.4 is 11.1 Å². The van der Waals surface area contributed by atoms with Gasteiger partial charge in [-0.1, -0.05) is 20.8 Å². The number of rotatable bonds is 9. The standard InChI is InChI=1S/C13H26N2O3S/c1-9(2)7-11(13(17)18-4)15-12(16)8-19-10(3)5-6-14/h9-11H,5-8,14H2,1-4H3,(H,15,16). The highest BCUT2D eigenvalue weighted by atomic mass is 32.2. The summed E-state index contributed by atoms with van der Waals surface area (Å²) in [4.78, 5) is 23.4. The van der Waals surface area contributed by atoms with Gasteiger partial charge in [0.25, 0.3) is 0 Å². The maximum absolute atomic E-state index is 11.8. The number of ether oxygens (including phenoxy) is 1. The van der Waals surface area contributed by atoms with E-state index >= 15 is 0 Å². The third kappa shape index (κ3) is 8.88. The highest BCUT2D eigenvalue weighted by Crippen LogP contribution is 2.13. The Morgan fingerprint density at radius 2 is 1.95 bits per heavy atom. The van der Waals surface area contributed by atoms with Gasteiger partial charge in [0.15, 0.2) is 0 Å². The monoisotopic (exact) mass is 290 g/mol. The fourth-order valence-electron chi connectivity index (χ4n) is 1.60. The Hall–Kier alpha value is -0.750. The van der Waals surface area contributed by atoms with Gasteiger partial charge >= 0.3 is 5.97 Å². The first-order valence-electron chi connectivity index (χ1n) is 6.59. The zero-order chi connectivity index (χ0) is 14.8. The molecule has 112 valence electrons. The van der Waals surface area contributed by atoms with Crippen molar-refractivity contribution in [3.05, 3.63) is 0 Å². The fourth-order valence-corrected chi connectivity index (χ4v) is 2.42. The van der Waals surface area contributed by atoms with Crippen LogP contribution in [0, 0.1) is 5.92 Å². The van der Waals surface area contributed by atoms with Crippen LogP contribution in [0.1, 0.15) is 33.6 Å². The first kappa shape index (κ1) is 18.2. The molecule has 19 heavy (non-hydrogen) atoms. The predicted octanol–water partition coefficient (Wildman–Crippen LogP) is 1.16. The second-order valence-electron chi connectivity index (χ2n) is 4.97. The Balaban J connectivity index is 4.19. The molecule has 0 saturated carbocycles. The number of methoxy groups -OCH3 is 1. The summed E-state index contributed by atoms with van der Waals surface area (Å²) < 4.78 is 4.70. The van der Waals surface area contributed by atoms with Crippen molar-refractivity contribution in [2.45, 2.75) is 44.9 Å². The number of esters is 1. The molecule has 2 unspecified atom stereocenters. The molecule has 0 aliphatic rings. The first-order valence-corrected chi connectivity index (χ1v) is 7.64. The normalized spacial score (nSPS) is 14.0. The van der Waals surface area contributed by atoms with Crippen LogP contribution in [0.5, 0.6) is 0 Å². The Bertz CT molecular complexity index is 285. The minimum atomic E-state index is -0.553. The molecule has 0 aliphatic carbocycles. The van der Waals surface area contributed by atoms with Gasteiger partial charge in [-0.15, -0.1) is 11.8 Å². The summed E-state index contributed by atoms with van der Waals surface area (Å²) in [5.41, 5.74) is 5.45. The molecule has 0 aromatic rings. The van der Waals surface area contributed by atoms with Gasteiger partial charge < -0.3 is 15.8 Å². The van der Waals surface area contributed by atoms with Crippen LogP contribution in [0.25, 0.3) is 0 Å². The maximum Gasteiger partial charge on any atom is 0.328 e. The van der Waals surface area contributed by atoms with E-state index in [1.807, 2.05) is 20.8 Å². The third-order valence-electron chi connectivity index (χ3n) is 2.60. The van der Waals surface area contributed by atoms with Crippen LogP contribution in [0.2, 0.25) is 0 Å². The van der Waals surface area contributed by atoms with Gasteiger partial charge in [-0.2, -0.15) is 0 Å². The smallest absolute Gasteiger partial charge is 0.328 e. The Kier molecular flexibility index (Phi) is 9.69. The molecule has 0 saturated heterocycles. The summed E-state index contributed by atoms with van der Waals surface area (Å²) in [5.74, 6) is 0.132. The molecule has 6 heteroatoms. The van der Waals surface area contributed by atoms with Crippen molar-refractivity contribution in [1.29, 1.82) is 0 Å². The molecule has 0 fully saturated rings. The van der Waals surface area contributed by atoms with Gasteiger partial charge in [0, 0.05) is 5.25 Å². The van der Waals surface area contributed by atoms with Crippen molar-refractivity contribution >= 4 is 23.6 Å². The molecule has 2 atom stereocenters. The van der Waals surface area contributed by atoms with Crippen LogP contribution in [0.15, 0.2) is 0 Å². The zero-order valence-corrected chi connectivity index (χ0v) is 13.1. The zero-order valence-electron chi connectivity index (χ0n) is 12.3. The number of amides is 1. The van der Waals surface area contributed by atoms with Crippen molar-refractivity contribution in [2.24, 2.45) is 11.7 Å². The molecular formula is C13H26N2O3S. The van der Waals surface area contributed by atoms with Crippen molar-refractivity contribution in [1.82, 2.24) is 5.32 Å². The number of thioether (sulfide) groups is 1. The van der Waals surface area contributed by atoms with Gasteiger partial charge in [0.1, 0.15) is 6.04 Å². The topological polar surface area (TPSA) is 81.4 Å². The minimum absolute atomic E-state index is 0.134. The van der Waals surface area contributed by atoms with Crippen LogP contribution >= 0.6 is 11.8 Å². The Morgan fingerprint density at radius 3 is 2.42 bits per heavy atom. The molecule has 0 radical (unpaired) electrons. The van der Waals surface area contributed by atoms with Crippen molar-refractivity contribution in [2.75, 3.05) is 19.4 Å². The first-order chi connectivity index (χ1) is 8.90. The summed E-state index contributed by atoms with van der Waals surface area (Å²) >= 11 is 1.55. The number of hydrogen-bond donors (Lipinski definition) is 2. The van der Waals surface area contributed by atoms with Crippen molar-refractivity contribution in [3.8, 4) is 0 Å². The molecule has 5 nitrogen and oxygen atoms in total. The Labute approximate surface area is 120 Å². The highest BCUT2D eigenvalue weighted by molar-refractivity contribution is 8.00. The lowest BCUT2D eigenvalue weighted by Crippen LogP contribution is -2.43. The van der Waals surface area contributed by atoms with E-state index < -0.39 is 6.04 Å². The van der Waals surface area contributed by atoms with E-state index in [-0.39, 0.29) is 11.9 Å². The average molecular weight is 290 g/mol. The second kappa shape index (κ2) is 10.1. The number of nitrogens with one attached hydrogen (secondary N) is 1. The second-order valence-corrected chi connectivity index (χ2v) is 6.40. The quantitative estimate of drug-likeness (QED) is 0.623. The minimum Gasteiger partial charge on any atom is -0.467 e. The largest absolute Gasteiger partial charge is 0.467 e. The Morgan fingerprint density at radius 1 is 1.32 bits per heavy atom. The van der Waals surface area contributed by atoms with Gasteiger partial charge in [0.05, 0.1) is 12.9 Å². The molecule has 0 bridgehead atoms. The third-order valence-corrected chi connectivity index (χ3v) is 3.83. The highest BCUT2D eigenvalue weighted by Gasteiger charge is 2.22. The maximum atomic E-state index is 11.8. The lowest BCUT2D eigenvalue weighted by Gasteiger charge is -2.18. The van der Waals surface area contributed by atoms with Crippen molar-refractivity contribution in [3.63, 3.8) is 0 Å². The van der Waals surface area contributed by atoms with E-state index in [1.165, 1.54) is 7.11 Å². The number of hydrogen-bond acceptors (Lipinski definition) is 5. The van der Waals surface area contributed by atoms with Gasteiger partial charge in [-0.3, -0.25) is 4.79 Å². The van der Waals surface area contributed by atoms with Crippen molar-refractivity contribution < 1.29 is 14.3 Å². The predicted molar refractivity (Wildman–Crippen MR) is 79.0 cm³/mol. The summed E-state index contributed by atoms with van der Waals surface area (Å²) in [6, 6.07) is -0.553. The van der Waals surface area contributed by atoms with Crippen LogP contribution in [0.4, 0.5) is 0 Å². The summed E-state index contributed by atoms with van der Waals surface area (Å²) in [7, 11) is 1.33. The van der Waals surface area contributed by atoms with Gasteiger partial charge in [0.2, 0.25) is 5.91 Å². The molecule has 0 heterocycles. The van der Waals surface area contributed by atoms with Crippen LogP contribution in [0.3, 0.4) is 0 Å². The number of carbonyl (C=O) groups is 2. The van der Waals surface area contributed by atoms with E-state index in [0.717, 1.165) is 6.42 Å². The molecule has 0 spiro atoms. The lowest BCUT2D eigenvalue weighted by atomic mass is 10.0. The molecule has 0 aromatic carbocycles. The summed E-state index contributed by atoms with van der Waals surface area (Å²) in [6.45, 7) is 6.66. The lowest BCUT2D eigenvalue weighted by molar-refractivity contribution is -0.145. The summed E-state index contributed by atoms with van der Waals surface area (Å²) in [6.07, 6.45) is 1.46. The van der Waals surface area contributed by atoms with Gasteiger partial charge in [-0.05, 0) is 25.3 Å². The van der Waals surface area contributed by atoms with E-state index in [4.69, 9.17) is 10.5 Å². The average Bonchev–Trinajstić information content (AvgIpc) is 2.34. The van der Waals surface area contributed by atoms with E-state index in [0.29, 0.717) is 29.9 Å². The molecule has 0 rings (SSSR count). The number of nitrogens with two attached hydrogens (primary N) is 1. The van der Waals surface area contributed by atoms with Gasteiger partial charge in [-0.25, -0.2) is 4.79 Å². The molecule has 0 aromatic heterocycles. The molecule has 0 aliphatic heterocycles. The fraction of sp³-hybridized carbons (Fsp3) is 0.846. The van der Waals surface area contributed by atoms with E-state index in [1.54, 1.807) is 11.8 Å². The molecular weight excluding hydrogens is 264 g/mol. The van der Waals surface area contributed by atoms with Crippen LogP contribution in [-0.4, -0.2) is 42.6 Å². The van der Waals surface area contributed by atoms with E-state index in [9.17, 15) is 9.59 Å². The summed E-state index contributed by atoms with van der Waals surface area (Å²) in [5, 5.41) is 3.08. The van der Waals surface area contributed by atoms with E-state index in [2.05, 4.69) is 5.32 Å². The van der Waals surface area contributed by atoms with Crippen LogP contribution in [-0.2, 0) is 14.3 Å². The molecule has 1 amide bonds. The number of carbonyl (C=O) groups excluding carboxylic acids is 2. The SMILES string of the molecule is COC(=O)C(CC(C)C)NC(=O)CSC(C)CCN.